The normalized spacial score (nSPS) is 20.7. The summed E-state index contributed by atoms with van der Waals surface area (Å²) in [7, 11) is 0. The Morgan fingerprint density at radius 1 is 1.19 bits per heavy atom. The molecule has 0 radical (unpaired) electrons. The molecule has 0 amide bonds. The number of carboxylic acids is 2. The van der Waals surface area contributed by atoms with Gasteiger partial charge in [0.05, 0.1) is 5.69 Å². The zero-order chi connectivity index (χ0) is 26.6. The smallest absolute Gasteiger partial charge is 0.477 e. The van der Waals surface area contributed by atoms with Crippen LogP contribution < -0.4 is 10.5 Å². The molecule has 192 valence electrons. The fourth-order valence-electron chi connectivity index (χ4n) is 4.76. The lowest BCUT2D eigenvalue weighted by atomic mass is 9.98. The van der Waals surface area contributed by atoms with Crippen molar-refractivity contribution in [2.45, 2.75) is 38.4 Å². The molecule has 1 saturated carbocycles. The second-order valence-electron chi connectivity index (χ2n) is 8.60. The summed E-state index contributed by atoms with van der Waals surface area (Å²) in [4.78, 5) is 40.3. The number of azide groups is 1. The number of nitrogens with one attached hydrogen (secondary N) is 1. The molecule has 1 saturated heterocycles. The first-order chi connectivity index (χ1) is 17.0. The Morgan fingerprint density at radius 2 is 1.83 bits per heavy atom. The number of benzene rings is 1. The minimum Gasteiger partial charge on any atom is -0.477 e. The van der Waals surface area contributed by atoms with Gasteiger partial charge in [-0.1, -0.05) is 24.2 Å². The number of rotatable bonds is 5. The van der Waals surface area contributed by atoms with Crippen LogP contribution in [-0.2, 0) is 11.2 Å². The van der Waals surface area contributed by atoms with E-state index in [1.54, 1.807) is 0 Å². The SMILES string of the molecule is CCc1cc(C(=O)O)c(=O)[nH]c1-c1ccc(N2C[C@H]3CCC(N=[N+]=[N-])[C@H]3C2)cc1.O=C(O)C(F)(F)F. The number of nitrogens with zero attached hydrogens (tertiary/aromatic N) is 4. The summed E-state index contributed by atoms with van der Waals surface area (Å²) < 4.78 is 31.7. The summed E-state index contributed by atoms with van der Waals surface area (Å²) >= 11 is 0. The number of fused-ring (bicyclic) bond motifs is 1. The number of aromatic nitrogens is 1. The molecular formula is C23H24F3N5O5. The Kier molecular flexibility index (Phi) is 7.93. The van der Waals surface area contributed by atoms with Crippen LogP contribution in [0.15, 0.2) is 40.2 Å². The second kappa shape index (κ2) is 10.7. The fourth-order valence-corrected chi connectivity index (χ4v) is 4.76. The van der Waals surface area contributed by atoms with Crippen LogP contribution in [0.5, 0.6) is 0 Å². The molecule has 13 heteroatoms. The van der Waals surface area contributed by atoms with Crippen LogP contribution in [0.3, 0.4) is 0 Å². The van der Waals surface area contributed by atoms with Gasteiger partial charge in [-0.3, -0.25) is 4.79 Å². The third kappa shape index (κ3) is 5.80. The van der Waals surface area contributed by atoms with E-state index in [0.717, 1.165) is 42.7 Å². The largest absolute Gasteiger partial charge is 0.490 e. The molecule has 10 nitrogen and oxygen atoms in total. The highest BCUT2D eigenvalue weighted by atomic mass is 19.4. The lowest BCUT2D eigenvalue weighted by Gasteiger charge is -2.21. The molecule has 1 aromatic carbocycles. The van der Waals surface area contributed by atoms with E-state index in [-0.39, 0.29) is 11.6 Å². The average molecular weight is 507 g/mol. The molecule has 3 atom stereocenters. The summed E-state index contributed by atoms with van der Waals surface area (Å²) in [6.07, 6.45) is -2.39. The molecule has 0 spiro atoms. The molecule has 2 aliphatic rings. The maximum atomic E-state index is 12.1. The predicted molar refractivity (Wildman–Crippen MR) is 124 cm³/mol. The quantitative estimate of drug-likeness (QED) is 0.308. The lowest BCUT2D eigenvalue weighted by Crippen LogP contribution is -2.23. The molecule has 36 heavy (non-hydrogen) atoms. The zero-order valence-electron chi connectivity index (χ0n) is 19.2. The van der Waals surface area contributed by atoms with Gasteiger partial charge in [-0.15, -0.1) is 0 Å². The third-order valence-corrected chi connectivity index (χ3v) is 6.52. The van der Waals surface area contributed by atoms with Crippen molar-refractivity contribution in [2.24, 2.45) is 17.0 Å². The summed E-state index contributed by atoms with van der Waals surface area (Å²) in [6, 6.07) is 9.53. The van der Waals surface area contributed by atoms with Crippen molar-refractivity contribution in [3.05, 3.63) is 62.3 Å². The number of anilines is 1. The summed E-state index contributed by atoms with van der Waals surface area (Å²) in [5, 5.41) is 20.3. The number of aromatic carboxylic acids is 1. The van der Waals surface area contributed by atoms with Gasteiger partial charge in [0.2, 0.25) is 0 Å². The van der Waals surface area contributed by atoms with E-state index >= 15 is 0 Å². The molecule has 2 aromatic rings. The van der Waals surface area contributed by atoms with Crippen LogP contribution in [0.1, 0.15) is 35.7 Å². The van der Waals surface area contributed by atoms with Crippen molar-refractivity contribution < 1.29 is 33.0 Å². The third-order valence-electron chi connectivity index (χ3n) is 6.52. The number of aryl methyl sites for hydroxylation is 1. The van der Waals surface area contributed by atoms with Gasteiger partial charge in [-0.2, -0.15) is 13.2 Å². The van der Waals surface area contributed by atoms with E-state index in [4.69, 9.17) is 15.4 Å². The van der Waals surface area contributed by atoms with E-state index in [0.29, 0.717) is 24.0 Å². The number of carbonyl (C=O) groups is 2. The minimum absolute atomic E-state index is 0.0965. The predicted octanol–water partition coefficient (Wildman–Crippen LogP) is 4.46. The Balaban J connectivity index is 0.000000454. The molecule has 4 rings (SSSR count). The van der Waals surface area contributed by atoms with Gasteiger partial charge in [0.25, 0.3) is 5.56 Å². The minimum atomic E-state index is -5.08. The number of aliphatic carboxylic acids is 1. The van der Waals surface area contributed by atoms with Crippen LogP contribution >= 0.6 is 0 Å². The van der Waals surface area contributed by atoms with Crippen molar-refractivity contribution in [1.29, 1.82) is 0 Å². The Bertz CT molecular complexity index is 1240. The van der Waals surface area contributed by atoms with Crippen molar-refractivity contribution in [2.75, 3.05) is 18.0 Å². The van der Waals surface area contributed by atoms with Crippen LogP contribution in [-0.4, -0.2) is 52.4 Å². The number of H-pyrrole nitrogens is 1. The van der Waals surface area contributed by atoms with Gasteiger partial charge < -0.3 is 20.1 Å². The number of alkyl halides is 3. The Morgan fingerprint density at radius 3 is 2.36 bits per heavy atom. The van der Waals surface area contributed by atoms with Crippen molar-refractivity contribution in [1.82, 2.24) is 4.98 Å². The van der Waals surface area contributed by atoms with Crippen molar-refractivity contribution in [3.63, 3.8) is 0 Å². The van der Waals surface area contributed by atoms with Crippen LogP contribution in [0.25, 0.3) is 21.7 Å². The topological polar surface area (TPSA) is 159 Å². The van der Waals surface area contributed by atoms with Crippen molar-refractivity contribution in [3.8, 4) is 11.3 Å². The van der Waals surface area contributed by atoms with E-state index in [9.17, 15) is 27.9 Å². The van der Waals surface area contributed by atoms with Gasteiger partial charge in [-0.25, -0.2) is 9.59 Å². The van der Waals surface area contributed by atoms with Gasteiger partial charge in [0, 0.05) is 29.7 Å². The Hall–Kier alpha value is -3.99. The second-order valence-corrected chi connectivity index (χ2v) is 8.60. The number of carboxylic acid groups (broad SMARTS) is 2. The van der Waals surface area contributed by atoms with Crippen LogP contribution in [0, 0.1) is 11.8 Å². The highest BCUT2D eigenvalue weighted by Crippen LogP contribution is 2.41. The van der Waals surface area contributed by atoms with Crippen LogP contribution in [0.4, 0.5) is 18.9 Å². The summed E-state index contributed by atoms with van der Waals surface area (Å²) in [6.45, 7) is 3.78. The van der Waals surface area contributed by atoms with E-state index in [2.05, 4.69) is 19.9 Å². The highest BCUT2D eigenvalue weighted by molar-refractivity contribution is 5.88. The zero-order valence-corrected chi connectivity index (χ0v) is 19.2. The van der Waals surface area contributed by atoms with Gasteiger partial charge in [-0.05, 0) is 66.0 Å². The lowest BCUT2D eigenvalue weighted by molar-refractivity contribution is -0.192. The molecule has 1 unspecified atom stereocenters. The average Bonchev–Trinajstić information content (AvgIpc) is 3.41. The first kappa shape index (κ1) is 26.6. The molecule has 1 aromatic heterocycles. The standard InChI is InChI=1S/C21H23N5O3.C2HF3O2/c1-2-12-9-16(21(28)29)20(27)23-19(12)13-3-6-15(7-4-13)26-10-14-5-8-18(24-25-22)17(14)11-26;3-2(4,5)1(6)7/h3-4,6-7,9,14,17-18H,2,5,8,10-11H2,1H3,(H,23,27)(H,28,29);(H,6,7)/t14-,17+,18?;/m1./s1. The summed E-state index contributed by atoms with van der Waals surface area (Å²) in [5.41, 5.74) is 11.3. The van der Waals surface area contributed by atoms with Crippen molar-refractivity contribution >= 4 is 17.6 Å². The maximum absolute atomic E-state index is 12.1. The summed E-state index contributed by atoms with van der Waals surface area (Å²) in [5.74, 6) is -3.00. The highest BCUT2D eigenvalue weighted by Gasteiger charge is 2.42. The van der Waals surface area contributed by atoms with E-state index in [1.807, 2.05) is 31.2 Å². The molecular weight excluding hydrogens is 483 g/mol. The number of aromatic amines is 1. The molecule has 2 heterocycles. The number of pyridine rings is 1. The van der Waals surface area contributed by atoms with E-state index < -0.39 is 23.7 Å². The first-order valence-corrected chi connectivity index (χ1v) is 11.1. The molecule has 2 fully saturated rings. The first-order valence-electron chi connectivity index (χ1n) is 11.1. The fraction of sp³-hybridized carbons (Fsp3) is 0.435. The molecule has 3 N–H and O–H groups in total. The monoisotopic (exact) mass is 507 g/mol. The van der Waals surface area contributed by atoms with Gasteiger partial charge >= 0.3 is 18.1 Å². The van der Waals surface area contributed by atoms with Gasteiger partial charge in [0.1, 0.15) is 5.56 Å². The van der Waals surface area contributed by atoms with Crippen LogP contribution in [0.2, 0.25) is 0 Å². The Labute approximate surface area is 203 Å². The number of hydrogen-bond donors (Lipinski definition) is 3. The van der Waals surface area contributed by atoms with Gasteiger partial charge in [0.15, 0.2) is 0 Å². The molecule has 1 aliphatic carbocycles. The van der Waals surface area contributed by atoms with E-state index in [1.165, 1.54) is 6.07 Å². The maximum Gasteiger partial charge on any atom is 0.490 e. The number of hydrogen-bond acceptors (Lipinski definition) is 5. The number of halogens is 3. The molecule has 0 bridgehead atoms. The molecule has 1 aliphatic heterocycles.